The van der Waals surface area contributed by atoms with Crippen LogP contribution in [0.1, 0.15) is 54.9 Å². The van der Waals surface area contributed by atoms with Gasteiger partial charge in [0.2, 0.25) is 5.78 Å². The van der Waals surface area contributed by atoms with Crippen molar-refractivity contribution >= 4 is 28.8 Å². The van der Waals surface area contributed by atoms with Crippen LogP contribution in [0.25, 0.3) is 5.76 Å². The summed E-state index contributed by atoms with van der Waals surface area (Å²) in [5, 5.41) is 13.8. The Morgan fingerprint density at radius 1 is 1.06 bits per heavy atom. The van der Waals surface area contributed by atoms with E-state index >= 15 is 0 Å². The van der Waals surface area contributed by atoms with Crippen molar-refractivity contribution in [3.8, 4) is 5.75 Å². The molecule has 0 unspecified atom stereocenters. The third-order valence-electron chi connectivity index (χ3n) is 5.65. The molecule has 1 amide bonds. The van der Waals surface area contributed by atoms with Gasteiger partial charge in [-0.15, -0.1) is 0 Å². The molecule has 0 saturated heterocycles. The molecule has 0 aromatic heterocycles. The predicted molar refractivity (Wildman–Crippen MR) is 121 cm³/mol. The highest BCUT2D eigenvalue weighted by Gasteiger charge is 2.35. The number of ether oxygens (including phenoxy) is 1. The van der Waals surface area contributed by atoms with Gasteiger partial charge >= 0.3 is 0 Å². The van der Waals surface area contributed by atoms with Gasteiger partial charge in [-0.2, -0.15) is 0 Å². The number of hydrogen-bond acceptors (Lipinski definition) is 5. The third kappa shape index (κ3) is 4.38. The summed E-state index contributed by atoms with van der Waals surface area (Å²) in [6.07, 6.45) is 5.02. The van der Waals surface area contributed by atoms with Crippen molar-refractivity contribution in [3.05, 3.63) is 65.2 Å². The first-order valence-corrected chi connectivity index (χ1v) is 10.8. The van der Waals surface area contributed by atoms with Crippen LogP contribution in [0.3, 0.4) is 0 Å². The smallest absolute Gasteiger partial charge is 0.261 e. The largest absolute Gasteiger partial charge is 0.506 e. The molecule has 2 aromatic rings. The number of fused-ring (bicyclic) bond motifs is 1. The van der Waals surface area contributed by atoms with E-state index < -0.39 is 5.91 Å². The highest BCUT2D eigenvalue weighted by Crippen LogP contribution is 2.31. The minimum Gasteiger partial charge on any atom is -0.506 e. The van der Waals surface area contributed by atoms with E-state index in [1.165, 1.54) is 0 Å². The number of aliphatic hydroxyl groups is 1. The van der Waals surface area contributed by atoms with Gasteiger partial charge in [0.05, 0.1) is 12.6 Å². The molecule has 0 atom stereocenters. The van der Waals surface area contributed by atoms with Gasteiger partial charge in [-0.05, 0) is 44.0 Å². The third-order valence-corrected chi connectivity index (χ3v) is 5.65. The maximum Gasteiger partial charge on any atom is 0.261 e. The Bertz CT molecular complexity index is 1050. The second-order valence-corrected chi connectivity index (χ2v) is 7.78. The van der Waals surface area contributed by atoms with E-state index in [2.05, 4.69) is 10.3 Å². The van der Waals surface area contributed by atoms with Gasteiger partial charge in [0.15, 0.2) is 0 Å². The second-order valence-electron chi connectivity index (χ2n) is 7.78. The van der Waals surface area contributed by atoms with Crippen molar-refractivity contribution < 1.29 is 19.4 Å². The standard InChI is InChI=1S/C25H26N2O4/c1-2-31-18-14-12-17(13-15-18)27-25(30)21-22(26-16-8-4-3-5-9-16)24(29)20-11-7-6-10-19(20)23(21)28/h6-7,10-16,28H,2-5,8-9H2,1H3,(H,27,30). The van der Waals surface area contributed by atoms with E-state index in [1.807, 2.05) is 6.92 Å². The zero-order valence-corrected chi connectivity index (χ0v) is 17.6. The van der Waals surface area contributed by atoms with Crippen LogP contribution in [0.5, 0.6) is 5.75 Å². The van der Waals surface area contributed by atoms with Crippen LogP contribution in [-0.4, -0.2) is 35.2 Å². The number of benzene rings is 2. The fourth-order valence-corrected chi connectivity index (χ4v) is 4.10. The Morgan fingerprint density at radius 3 is 2.42 bits per heavy atom. The van der Waals surface area contributed by atoms with Gasteiger partial charge in [-0.25, -0.2) is 0 Å². The number of anilines is 1. The van der Waals surface area contributed by atoms with Crippen LogP contribution in [0, 0.1) is 0 Å². The highest BCUT2D eigenvalue weighted by molar-refractivity contribution is 6.59. The Hall–Kier alpha value is -3.41. The number of hydrogen-bond donors (Lipinski definition) is 2. The van der Waals surface area contributed by atoms with Gasteiger partial charge in [-0.3, -0.25) is 14.6 Å². The van der Waals surface area contributed by atoms with E-state index in [4.69, 9.17) is 4.74 Å². The van der Waals surface area contributed by atoms with Gasteiger partial charge < -0.3 is 15.2 Å². The lowest BCUT2D eigenvalue weighted by Crippen LogP contribution is -2.33. The molecular weight excluding hydrogens is 392 g/mol. The molecular formula is C25H26N2O4. The van der Waals surface area contributed by atoms with Crippen molar-refractivity contribution in [1.82, 2.24) is 0 Å². The van der Waals surface area contributed by atoms with Gasteiger partial charge in [0.1, 0.15) is 22.8 Å². The molecule has 0 bridgehead atoms. The quantitative estimate of drug-likeness (QED) is 0.718. The van der Waals surface area contributed by atoms with Crippen LogP contribution in [0.2, 0.25) is 0 Å². The number of rotatable bonds is 5. The summed E-state index contributed by atoms with van der Waals surface area (Å²) in [4.78, 5) is 31.1. The minimum absolute atomic E-state index is 0.0148. The average Bonchev–Trinajstić information content (AvgIpc) is 2.79. The molecule has 1 saturated carbocycles. The van der Waals surface area contributed by atoms with E-state index in [0.717, 1.165) is 32.1 Å². The van der Waals surface area contributed by atoms with Gasteiger partial charge in [0, 0.05) is 16.8 Å². The topological polar surface area (TPSA) is 88.0 Å². The summed E-state index contributed by atoms with van der Waals surface area (Å²) in [5.74, 6) is -0.396. The van der Waals surface area contributed by atoms with Crippen LogP contribution in [-0.2, 0) is 4.79 Å². The highest BCUT2D eigenvalue weighted by atomic mass is 16.5. The summed E-state index contributed by atoms with van der Waals surface area (Å²) in [6.45, 7) is 2.45. The number of Topliss-reactive ketones (excluding diaryl/α,β-unsaturated/α-hetero) is 1. The van der Waals surface area contributed by atoms with Crippen molar-refractivity contribution in [1.29, 1.82) is 0 Å². The Kier molecular flexibility index (Phi) is 6.16. The number of amides is 1. The molecule has 0 radical (unpaired) electrons. The summed E-state index contributed by atoms with van der Waals surface area (Å²) in [7, 11) is 0. The second kappa shape index (κ2) is 9.16. The first kappa shape index (κ1) is 20.8. The Balaban J connectivity index is 1.70. The Labute approximate surface area is 181 Å². The minimum atomic E-state index is -0.556. The number of aliphatic hydroxyl groups excluding tert-OH is 1. The monoisotopic (exact) mass is 418 g/mol. The maximum absolute atomic E-state index is 13.2. The number of carbonyl (C=O) groups excluding carboxylic acids is 2. The number of aliphatic imine (C=N–C) groups is 1. The molecule has 6 heteroatoms. The zero-order chi connectivity index (χ0) is 21.8. The van der Waals surface area contributed by atoms with Crippen molar-refractivity contribution in [2.75, 3.05) is 11.9 Å². The van der Waals surface area contributed by atoms with Crippen molar-refractivity contribution in [2.24, 2.45) is 4.99 Å². The lowest BCUT2D eigenvalue weighted by molar-refractivity contribution is -0.112. The summed E-state index contributed by atoms with van der Waals surface area (Å²) >= 11 is 0. The van der Waals surface area contributed by atoms with E-state index in [0.29, 0.717) is 29.2 Å². The molecule has 0 spiro atoms. The molecule has 160 valence electrons. The van der Waals surface area contributed by atoms with Crippen LogP contribution < -0.4 is 10.1 Å². The van der Waals surface area contributed by atoms with E-state index in [9.17, 15) is 14.7 Å². The van der Waals surface area contributed by atoms with Crippen LogP contribution in [0.15, 0.2) is 59.1 Å². The lowest BCUT2D eigenvalue weighted by Gasteiger charge is -2.23. The van der Waals surface area contributed by atoms with E-state index in [1.54, 1.807) is 48.5 Å². The van der Waals surface area contributed by atoms with Crippen molar-refractivity contribution in [2.45, 2.75) is 45.1 Å². The lowest BCUT2D eigenvalue weighted by atomic mass is 9.86. The van der Waals surface area contributed by atoms with Gasteiger partial charge in [-0.1, -0.05) is 43.5 Å². The molecule has 2 N–H and O–H groups in total. The fraction of sp³-hybridized carbons (Fsp3) is 0.320. The van der Waals surface area contributed by atoms with Crippen LogP contribution >= 0.6 is 0 Å². The van der Waals surface area contributed by atoms with Crippen molar-refractivity contribution in [3.63, 3.8) is 0 Å². The number of nitrogens with one attached hydrogen (secondary N) is 1. The first-order chi connectivity index (χ1) is 15.1. The summed E-state index contributed by atoms with van der Waals surface area (Å²) < 4.78 is 5.43. The summed E-state index contributed by atoms with van der Waals surface area (Å²) in [6, 6.07) is 13.7. The molecule has 2 aliphatic carbocycles. The normalized spacial score (nSPS) is 18.1. The summed E-state index contributed by atoms with van der Waals surface area (Å²) in [5.41, 5.74) is 1.24. The molecule has 0 heterocycles. The number of ketones is 1. The molecule has 6 nitrogen and oxygen atoms in total. The molecule has 2 aromatic carbocycles. The average molecular weight is 418 g/mol. The molecule has 2 aliphatic rings. The maximum atomic E-state index is 13.2. The molecule has 1 fully saturated rings. The molecule has 0 aliphatic heterocycles. The van der Waals surface area contributed by atoms with E-state index in [-0.39, 0.29) is 28.9 Å². The van der Waals surface area contributed by atoms with Crippen LogP contribution in [0.4, 0.5) is 5.69 Å². The first-order valence-electron chi connectivity index (χ1n) is 10.8. The number of carbonyl (C=O) groups is 2. The zero-order valence-electron chi connectivity index (χ0n) is 17.6. The fourth-order valence-electron chi connectivity index (χ4n) is 4.10. The molecule has 4 rings (SSSR count). The molecule has 31 heavy (non-hydrogen) atoms. The Morgan fingerprint density at radius 2 is 1.74 bits per heavy atom. The SMILES string of the molecule is CCOc1ccc(NC(=O)C2=C(O)c3ccccc3C(=O)C2=NC2CCCCC2)cc1. The number of nitrogens with zero attached hydrogens (tertiary/aromatic N) is 1. The van der Waals surface area contributed by atoms with Gasteiger partial charge in [0.25, 0.3) is 5.91 Å². The predicted octanol–water partition coefficient (Wildman–Crippen LogP) is 4.96.